The predicted molar refractivity (Wildman–Crippen MR) is 131 cm³/mol. The molecule has 0 unspecified atom stereocenters. The van der Waals surface area contributed by atoms with E-state index in [1.165, 1.54) is 5.56 Å². The Bertz CT molecular complexity index is 971. The fourth-order valence-corrected chi connectivity index (χ4v) is 4.77. The van der Waals surface area contributed by atoms with Crippen LogP contribution >= 0.6 is 11.3 Å². The molecule has 0 radical (unpaired) electrons. The Morgan fingerprint density at radius 3 is 2.26 bits per heavy atom. The highest BCUT2D eigenvalue weighted by molar-refractivity contribution is 7.22. The molecule has 6 heteroatoms. The number of ether oxygens (including phenoxy) is 1. The van der Waals surface area contributed by atoms with E-state index in [1.807, 2.05) is 36.1 Å². The topological polar surface area (TPSA) is 45.7 Å². The highest BCUT2D eigenvalue weighted by Crippen LogP contribution is 2.33. The molecule has 3 aromatic rings. The van der Waals surface area contributed by atoms with Gasteiger partial charge >= 0.3 is 0 Å². The van der Waals surface area contributed by atoms with Crippen molar-refractivity contribution in [3.63, 3.8) is 0 Å². The number of nitrogens with zero attached hydrogens (tertiary/aromatic N) is 3. The number of anilines is 1. The van der Waals surface area contributed by atoms with Crippen LogP contribution in [-0.2, 0) is 11.2 Å². The summed E-state index contributed by atoms with van der Waals surface area (Å²) in [4.78, 5) is 22.5. The Morgan fingerprint density at radius 2 is 1.65 bits per heavy atom. The molecule has 0 N–H and O–H groups in total. The largest absolute Gasteiger partial charge is 0.494 e. The maximum atomic E-state index is 13.4. The molecule has 0 fully saturated rings. The van der Waals surface area contributed by atoms with Gasteiger partial charge in [-0.15, -0.1) is 0 Å². The first-order chi connectivity index (χ1) is 15.0. The lowest BCUT2D eigenvalue weighted by atomic mass is 10.1. The SMILES string of the molecule is CCOc1ccc(CC(=O)N(CCN(CC)CC)c2nc3c(C)ccc(C)c3s2)cc1. The van der Waals surface area contributed by atoms with Crippen molar-refractivity contribution in [1.29, 1.82) is 0 Å². The Hall–Kier alpha value is -2.44. The number of aromatic nitrogens is 1. The van der Waals surface area contributed by atoms with E-state index in [2.05, 4.69) is 44.7 Å². The summed E-state index contributed by atoms with van der Waals surface area (Å²) in [6.45, 7) is 14.5. The molecule has 0 aliphatic heterocycles. The van der Waals surface area contributed by atoms with Crippen LogP contribution in [0.25, 0.3) is 10.2 Å². The number of aryl methyl sites for hydroxylation is 2. The number of rotatable bonds is 10. The van der Waals surface area contributed by atoms with Crippen molar-refractivity contribution in [3.8, 4) is 5.75 Å². The van der Waals surface area contributed by atoms with Crippen molar-refractivity contribution < 1.29 is 9.53 Å². The number of thiazole rings is 1. The van der Waals surface area contributed by atoms with E-state index >= 15 is 0 Å². The Balaban J connectivity index is 1.87. The molecule has 2 aromatic carbocycles. The van der Waals surface area contributed by atoms with E-state index in [9.17, 15) is 4.79 Å². The molecule has 1 heterocycles. The van der Waals surface area contributed by atoms with Crippen LogP contribution < -0.4 is 9.64 Å². The summed E-state index contributed by atoms with van der Waals surface area (Å²) in [5, 5.41) is 0.787. The van der Waals surface area contributed by atoms with Gasteiger partial charge < -0.3 is 9.64 Å². The van der Waals surface area contributed by atoms with Gasteiger partial charge in [-0.3, -0.25) is 9.69 Å². The lowest BCUT2D eigenvalue weighted by Gasteiger charge is -2.24. The number of carbonyl (C=O) groups is 1. The molecule has 0 bridgehead atoms. The highest BCUT2D eigenvalue weighted by atomic mass is 32.1. The first-order valence-corrected chi connectivity index (χ1v) is 11.9. The normalized spacial score (nSPS) is 11.3. The summed E-state index contributed by atoms with van der Waals surface area (Å²) in [6, 6.07) is 12.0. The molecule has 1 amide bonds. The number of likely N-dealkylation sites (N-methyl/N-ethyl adjacent to an activating group) is 1. The molecule has 0 spiro atoms. The van der Waals surface area contributed by atoms with Crippen molar-refractivity contribution in [1.82, 2.24) is 9.88 Å². The third kappa shape index (κ3) is 5.63. The Morgan fingerprint density at radius 1 is 0.968 bits per heavy atom. The quantitative estimate of drug-likeness (QED) is 0.434. The van der Waals surface area contributed by atoms with Crippen molar-refractivity contribution in [3.05, 3.63) is 53.1 Å². The van der Waals surface area contributed by atoms with E-state index < -0.39 is 0 Å². The summed E-state index contributed by atoms with van der Waals surface area (Å²) < 4.78 is 6.68. The first-order valence-electron chi connectivity index (χ1n) is 11.1. The third-order valence-corrected chi connectivity index (χ3v) is 6.80. The van der Waals surface area contributed by atoms with Crippen LogP contribution in [-0.4, -0.2) is 48.6 Å². The van der Waals surface area contributed by atoms with E-state index in [0.717, 1.165) is 51.9 Å². The smallest absolute Gasteiger partial charge is 0.233 e. The molecule has 1 aromatic heterocycles. The van der Waals surface area contributed by atoms with E-state index in [1.54, 1.807) is 11.3 Å². The molecule has 5 nitrogen and oxygen atoms in total. The number of fused-ring (bicyclic) bond motifs is 1. The monoisotopic (exact) mass is 439 g/mol. The summed E-state index contributed by atoms with van der Waals surface area (Å²) in [5.74, 6) is 0.903. The van der Waals surface area contributed by atoms with Gasteiger partial charge in [0.05, 0.1) is 23.2 Å². The molecule has 0 saturated carbocycles. The fraction of sp³-hybridized carbons (Fsp3) is 0.440. The Labute approximate surface area is 189 Å². The maximum Gasteiger partial charge on any atom is 0.233 e. The van der Waals surface area contributed by atoms with Crippen LogP contribution in [0.1, 0.15) is 37.5 Å². The van der Waals surface area contributed by atoms with Gasteiger partial charge in [0, 0.05) is 13.1 Å². The van der Waals surface area contributed by atoms with Gasteiger partial charge in [0.25, 0.3) is 0 Å². The molecule has 31 heavy (non-hydrogen) atoms. The van der Waals surface area contributed by atoms with E-state index in [0.29, 0.717) is 19.6 Å². The second-order valence-corrected chi connectivity index (χ2v) is 8.68. The molecule has 166 valence electrons. The fourth-order valence-electron chi connectivity index (χ4n) is 3.61. The van der Waals surface area contributed by atoms with Gasteiger partial charge in [-0.25, -0.2) is 4.98 Å². The first kappa shape index (κ1) is 23.2. The third-order valence-electron chi connectivity index (χ3n) is 5.59. The zero-order valence-corrected chi connectivity index (χ0v) is 20.1. The van der Waals surface area contributed by atoms with Crippen molar-refractivity contribution >= 4 is 32.6 Å². The molecule has 0 atom stereocenters. The van der Waals surface area contributed by atoms with E-state index in [4.69, 9.17) is 9.72 Å². The highest BCUT2D eigenvalue weighted by Gasteiger charge is 2.21. The van der Waals surface area contributed by atoms with Gasteiger partial charge in [-0.1, -0.05) is 49.4 Å². The lowest BCUT2D eigenvalue weighted by Crippen LogP contribution is -2.39. The average Bonchev–Trinajstić information content (AvgIpc) is 3.22. The molecule has 0 saturated heterocycles. The van der Waals surface area contributed by atoms with Gasteiger partial charge in [0.2, 0.25) is 5.91 Å². The molecular weight excluding hydrogens is 406 g/mol. The molecule has 3 rings (SSSR count). The second-order valence-electron chi connectivity index (χ2n) is 7.70. The summed E-state index contributed by atoms with van der Waals surface area (Å²) in [6.07, 6.45) is 0.346. The molecular formula is C25H33N3O2S. The van der Waals surface area contributed by atoms with Gasteiger partial charge in [-0.2, -0.15) is 0 Å². The van der Waals surface area contributed by atoms with E-state index in [-0.39, 0.29) is 5.91 Å². The summed E-state index contributed by atoms with van der Waals surface area (Å²) >= 11 is 1.62. The Kier molecular flexibility index (Phi) is 8.04. The van der Waals surface area contributed by atoms with Crippen LogP contribution in [0.15, 0.2) is 36.4 Å². The maximum absolute atomic E-state index is 13.4. The van der Waals surface area contributed by atoms with Crippen molar-refractivity contribution in [2.24, 2.45) is 0 Å². The zero-order chi connectivity index (χ0) is 22.4. The van der Waals surface area contributed by atoms with Gasteiger partial charge in [-0.05, 0) is 62.7 Å². The summed E-state index contributed by atoms with van der Waals surface area (Å²) in [7, 11) is 0. The zero-order valence-electron chi connectivity index (χ0n) is 19.3. The lowest BCUT2D eigenvalue weighted by molar-refractivity contribution is -0.118. The van der Waals surface area contributed by atoms with Crippen LogP contribution in [0.2, 0.25) is 0 Å². The van der Waals surface area contributed by atoms with Crippen molar-refractivity contribution in [2.75, 3.05) is 37.7 Å². The number of amides is 1. The van der Waals surface area contributed by atoms with Crippen LogP contribution in [0.4, 0.5) is 5.13 Å². The van der Waals surface area contributed by atoms with Gasteiger partial charge in [0.1, 0.15) is 5.75 Å². The number of carbonyl (C=O) groups excluding carboxylic acids is 1. The van der Waals surface area contributed by atoms with Crippen LogP contribution in [0.3, 0.4) is 0 Å². The number of hydrogen-bond acceptors (Lipinski definition) is 5. The molecule has 0 aliphatic rings. The minimum absolute atomic E-state index is 0.0747. The minimum atomic E-state index is 0.0747. The molecule has 0 aliphatic carbocycles. The number of hydrogen-bond donors (Lipinski definition) is 0. The minimum Gasteiger partial charge on any atom is -0.494 e. The van der Waals surface area contributed by atoms with Crippen molar-refractivity contribution in [2.45, 2.75) is 41.0 Å². The van der Waals surface area contributed by atoms with Crippen LogP contribution in [0.5, 0.6) is 5.75 Å². The van der Waals surface area contributed by atoms with Gasteiger partial charge in [0.15, 0.2) is 5.13 Å². The average molecular weight is 440 g/mol. The standard InChI is InChI=1S/C25H33N3O2S/c1-6-27(7-2)15-16-28(22(29)17-20-11-13-21(14-12-20)30-8-3)25-26-23-18(4)9-10-19(5)24(23)31-25/h9-14H,6-8,15-17H2,1-5H3. The predicted octanol–water partition coefficient (Wildman–Crippen LogP) is 5.23. The summed E-state index contributed by atoms with van der Waals surface area (Å²) in [5.41, 5.74) is 4.33. The van der Waals surface area contributed by atoms with Crippen LogP contribution in [0, 0.1) is 13.8 Å². The number of benzene rings is 2. The second kappa shape index (κ2) is 10.7.